The summed E-state index contributed by atoms with van der Waals surface area (Å²) in [5.41, 5.74) is 2.58. The molecule has 0 saturated carbocycles. The van der Waals surface area contributed by atoms with E-state index in [1.807, 2.05) is 56.9 Å². The number of carbonyl (C=O) groups excluding carboxylic acids is 1. The Balaban J connectivity index is 0.000000215. The minimum Gasteiger partial charge on any atom is -0.378 e. The SMILES string of the molecule is CC.CCn1c(=O)c2c(C)[nH]nc2c2ccccc21.CNCC(=O)N1CCOCC1. The van der Waals surface area contributed by atoms with E-state index < -0.39 is 0 Å². The molecule has 8 nitrogen and oxygen atoms in total. The largest absolute Gasteiger partial charge is 0.378 e. The van der Waals surface area contributed by atoms with Gasteiger partial charge in [-0.2, -0.15) is 5.10 Å². The molecule has 0 radical (unpaired) electrons. The van der Waals surface area contributed by atoms with Gasteiger partial charge in [0.25, 0.3) is 5.56 Å². The summed E-state index contributed by atoms with van der Waals surface area (Å²) in [6.45, 7) is 11.8. The Kier molecular flexibility index (Phi) is 9.01. The first-order valence-corrected chi connectivity index (χ1v) is 10.5. The number of rotatable bonds is 3. The lowest BCUT2D eigenvalue weighted by Crippen LogP contribution is -2.44. The summed E-state index contributed by atoms with van der Waals surface area (Å²) in [5, 5.41) is 11.7. The fraction of sp³-hybridized carbons (Fsp3) is 0.500. The van der Waals surface area contributed by atoms with Crippen molar-refractivity contribution in [2.24, 2.45) is 0 Å². The maximum absolute atomic E-state index is 12.4. The lowest BCUT2D eigenvalue weighted by molar-refractivity contribution is -0.134. The number of benzene rings is 1. The number of nitrogens with zero attached hydrogens (tertiary/aromatic N) is 3. The monoisotopic (exact) mass is 415 g/mol. The molecule has 1 fully saturated rings. The van der Waals surface area contributed by atoms with Gasteiger partial charge in [0, 0.05) is 30.7 Å². The van der Waals surface area contributed by atoms with E-state index in [1.165, 1.54) is 0 Å². The van der Waals surface area contributed by atoms with Gasteiger partial charge >= 0.3 is 0 Å². The fourth-order valence-electron chi connectivity index (χ4n) is 3.43. The third kappa shape index (κ3) is 5.06. The van der Waals surface area contributed by atoms with Crippen LogP contribution in [0.1, 0.15) is 26.5 Å². The van der Waals surface area contributed by atoms with Gasteiger partial charge < -0.3 is 19.5 Å². The molecule has 3 heterocycles. The molecule has 0 aliphatic carbocycles. The number of pyridine rings is 1. The summed E-state index contributed by atoms with van der Waals surface area (Å²) in [6.07, 6.45) is 0. The molecule has 0 spiro atoms. The molecule has 8 heteroatoms. The number of H-pyrrole nitrogens is 1. The van der Waals surface area contributed by atoms with Crippen LogP contribution in [0, 0.1) is 6.92 Å². The van der Waals surface area contributed by atoms with Crippen LogP contribution in [0.25, 0.3) is 21.8 Å². The number of amides is 1. The van der Waals surface area contributed by atoms with Crippen molar-refractivity contribution in [2.75, 3.05) is 39.9 Å². The number of ether oxygens (including phenoxy) is 1. The van der Waals surface area contributed by atoms with Crippen LogP contribution >= 0.6 is 0 Å². The second-order valence-electron chi connectivity index (χ2n) is 6.66. The third-order valence-electron chi connectivity index (χ3n) is 4.86. The number of aromatic nitrogens is 3. The first-order valence-electron chi connectivity index (χ1n) is 10.5. The number of morpholine rings is 1. The van der Waals surface area contributed by atoms with Gasteiger partial charge in [-0.1, -0.05) is 32.0 Å². The molecule has 4 rings (SSSR count). The highest BCUT2D eigenvalue weighted by atomic mass is 16.5. The summed E-state index contributed by atoms with van der Waals surface area (Å²) in [4.78, 5) is 25.4. The van der Waals surface area contributed by atoms with Gasteiger partial charge in [0.05, 0.1) is 30.7 Å². The lowest BCUT2D eigenvalue weighted by atomic mass is 10.1. The van der Waals surface area contributed by atoms with Gasteiger partial charge in [0.2, 0.25) is 5.91 Å². The molecule has 1 saturated heterocycles. The van der Waals surface area contributed by atoms with Gasteiger partial charge in [0.15, 0.2) is 0 Å². The Labute approximate surface area is 177 Å². The maximum Gasteiger partial charge on any atom is 0.262 e. The number of hydrogen-bond donors (Lipinski definition) is 2. The highest BCUT2D eigenvalue weighted by molar-refractivity contribution is 6.03. The number of hydrogen-bond acceptors (Lipinski definition) is 5. The molecule has 0 bridgehead atoms. The number of fused-ring (bicyclic) bond motifs is 3. The average molecular weight is 416 g/mol. The number of nitrogens with one attached hydrogen (secondary N) is 2. The van der Waals surface area contributed by atoms with E-state index >= 15 is 0 Å². The van der Waals surface area contributed by atoms with Crippen LogP contribution in [0.15, 0.2) is 29.1 Å². The number of aryl methyl sites for hydroxylation is 2. The summed E-state index contributed by atoms with van der Waals surface area (Å²) in [5.74, 6) is 0.163. The molecule has 1 aromatic carbocycles. The van der Waals surface area contributed by atoms with Crippen LogP contribution in [0.4, 0.5) is 0 Å². The van der Waals surface area contributed by atoms with Crippen molar-refractivity contribution in [2.45, 2.75) is 34.2 Å². The van der Waals surface area contributed by atoms with Gasteiger partial charge in [-0.05, 0) is 27.0 Å². The van der Waals surface area contributed by atoms with Crippen molar-refractivity contribution in [3.05, 3.63) is 40.3 Å². The van der Waals surface area contributed by atoms with Gasteiger partial charge in [-0.3, -0.25) is 14.7 Å². The topological polar surface area (TPSA) is 92.2 Å². The first-order chi connectivity index (χ1) is 14.6. The van der Waals surface area contributed by atoms with Crippen molar-refractivity contribution in [3.63, 3.8) is 0 Å². The van der Waals surface area contributed by atoms with Crippen LogP contribution in [-0.2, 0) is 16.1 Å². The third-order valence-corrected chi connectivity index (χ3v) is 4.86. The fourth-order valence-corrected chi connectivity index (χ4v) is 3.43. The number of likely N-dealkylation sites (N-methyl/N-ethyl adjacent to an activating group) is 1. The van der Waals surface area contributed by atoms with E-state index in [9.17, 15) is 9.59 Å². The smallest absolute Gasteiger partial charge is 0.262 e. The standard InChI is InChI=1S/C13H13N3O.C7H14N2O2.C2H6/c1-3-16-10-7-5-4-6-9(10)12-11(13(16)17)8(2)14-15-12;1-8-6-7(10)9-2-4-11-5-3-9;1-2/h4-7H,3H2,1-2H3,(H,14,15);8H,2-6H2,1H3;1-2H3. The van der Waals surface area contributed by atoms with Crippen LogP contribution in [-0.4, -0.2) is 65.5 Å². The number of aromatic amines is 1. The van der Waals surface area contributed by atoms with Crippen LogP contribution in [0.2, 0.25) is 0 Å². The molecule has 164 valence electrons. The second kappa shape index (κ2) is 11.5. The molecule has 1 amide bonds. The molecular formula is C22H33N5O3. The van der Waals surface area contributed by atoms with Gasteiger partial charge in [0.1, 0.15) is 5.52 Å². The molecule has 1 aliphatic heterocycles. The molecule has 30 heavy (non-hydrogen) atoms. The zero-order chi connectivity index (χ0) is 22.1. The average Bonchev–Trinajstić information content (AvgIpc) is 3.19. The summed E-state index contributed by atoms with van der Waals surface area (Å²) in [6, 6.07) is 7.88. The molecular weight excluding hydrogens is 382 g/mol. The molecule has 3 aromatic rings. The van der Waals surface area contributed by atoms with Crippen molar-refractivity contribution < 1.29 is 9.53 Å². The zero-order valence-corrected chi connectivity index (χ0v) is 18.6. The van der Waals surface area contributed by atoms with E-state index in [0.717, 1.165) is 35.2 Å². The van der Waals surface area contributed by atoms with Crippen LogP contribution in [0.5, 0.6) is 0 Å². The Morgan fingerprint density at radius 1 is 1.23 bits per heavy atom. The van der Waals surface area contributed by atoms with Crippen molar-refractivity contribution in [1.29, 1.82) is 0 Å². The van der Waals surface area contributed by atoms with E-state index in [2.05, 4.69) is 15.5 Å². The molecule has 2 aromatic heterocycles. The molecule has 0 atom stereocenters. The Morgan fingerprint density at radius 2 is 1.90 bits per heavy atom. The van der Waals surface area contributed by atoms with Crippen molar-refractivity contribution >= 4 is 27.7 Å². The highest BCUT2D eigenvalue weighted by Crippen LogP contribution is 2.22. The number of carbonyl (C=O) groups is 1. The predicted octanol–water partition coefficient (Wildman–Crippen LogP) is 2.30. The number of para-hydroxylation sites is 1. The van der Waals surface area contributed by atoms with E-state index in [0.29, 0.717) is 31.7 Å². The van der Waals surface area contributed by atoms with Crippen LogP contribution < -0.4 is 10.9 Å². The maximum atomic E-state index is 12.4. The van der Waals surface area contributed by atoms with Crippen molar-refractivity contribution in [3.8, 4) is 0 Å². The zero-order valence-electron chi connectivity index (χ0n) is 18.6. The van der Waals surface area contributed by atoms with E-state index in [1.54, 1.807) is 11.6 Å². The second-order valence-corrected chi connectivity index (χ2v) is 6.66. The van der Waals surface area contributed by atoms with Crippen molar-refractivity contribution in [1.82, 2.24) is 25.0 Å². The molecule has 1 aliphatic rings. The lowest BCUT2D eigenvalue weighted by Gasteiger charge is -2.26. The first kappa shape index (κ1) is 23.6. The molecule has 2 N–H and O–H groups in total. The minimum atomic E-state index is 0.0347. The predicted molar refractivity (Wildman–Crippen MR) is 121 cm³/mol. The highest BCUT2D eigenvalue weighted by Gasteiger charge is 2.15. The quantitative estimate of drug-likeness (QED) is 0.685. The summed E-state index contributed by atoms with van der Waals surface area (Å²) >= 11 is 0. The molecule has 0 unspecified atom stereocenters. The van der Waals surface area contributed by atoms with Gasteiger partial charge in [-0.15, -0.1) is 0 Å². The Morgan fingerprint density at radius 3 is 2.53 bits per heavy atom. The van der Waals surface area contributed by atoms with E-state index in [-0.39, 0.29) is 11.5 Å². The Bertz CT molecular complexity index is 1020. The minimum absolute atomic E-state index is 0.0347. The summed E-state index contributed by atoms with van der Waals surface area (Å²) in [7, 11) is 1.78. The van der Waals surface area contributed by atoms with E-state index in [4.69, 9.17) is 4.74 Å². The van der Waals surface area contributed by atoms with Gasteiger partial charge in [-0.25, -0.2) is 0 Å². The Hall–Kier alpha value is -2.71. The van der Waals surface area contributed by atoms with Crippen LogP contribution in [0.3, 0.4) is 0 Å². The summed E-state index contributed by atoms with van der Waals surface area (Å²) < 4.78 is 6.91. The normalized spacial score (nSPS) is 13.4.